The first-order valence-corrected chi connectivity index (χ1v) is 11.7. The molecule has 1 amide bonds. The highest BCUT2D eigenvalue weighted by Gasteiger charge is 2.16. The van der Waals surface area contributed by atoms with Gasteiger partial charge < -0.3 is 10.1 Å². The normalized spacial score (nSPS) is 10.8. The van der Waals surface area contributed by atoms with E-state index in [9.17, 15) is 4.79 Å². The van der Waals surface area contributed by atoms with Crippen LogP contribution in [0.15, 0.2) is 97.1 Å². The number of carbonyl (C=O) groups is 1. The molecule has 0 aliphatic heterocycles. The predicted molar refractivity (Wildman–Crippen MR) is 143 cm³/mol. The zero-order chi connectivity index (χ0) is 24.4. The summed E-state index contributed by atoms with van der Waals surface area (Å²) in [6, 6.07) is 30.3. The van der Waals surface area contributed by atoms with Crippen molar-refractivity contribution < 1.29 is 9.53 Å². The molecule has 0 aliphatic carbocycles. The number of pyridine rings is 1. The van der Waals surface area contributed by atoms with Crippen molar-refractivity contribution in [3.63, 3.8) is 0 Å². The number of aromatic nitrogens is 1. The second kappa shape index (κ2) is 9.61. The molecule has 0 saturated carbocycles. The molecule has 0 spiro atoms. The maximum atomic E-state index is 13.5. The number of fused-ring (bicyclic) bond motifs is 1. The molecule has 172 valence electrons. The van der Waals surface area contributed by atoms with Crippen molar-refractivity contribution >= 4 is 34.1 Å². The van der Waals surface area contributed by atoms with Gasteiger partial charge in [0.05, 0.1) is 16.8 Å². The Balaban J connectivity index is 1.48. The van der Waals surface area contributed by atoms with Crippen LogP contribution in [-0.2, 0) is 0 Å². The Bertz CT molecular complexity index is 1510. The van der Waals surface area contributed by atoms with E-state index in [0.29, 0.717) is 22.0 Å². The highest BCUT2D eigenvalue weighted by atomic mass is 35.5. The van der Waals surface area contributed by atoms with Crippen molar-refractivity contribution in [1.29, 1.82) is 0 Å². The van der Waals surface area contributed by atoms with E-state index in [-0.39, 0.29) is 5.91 Å². The van der Waals surface area contributed by atoms with Crippen LogP contribution in [0.4, 0.5) is 5.69 Å². The number of aryl methyl sites for hydroxylation is 2. The van der Waals surface area contributed by atoms with E-state index in [1.807, 2.05) is 105 Å². The number of anilines is 1. The topological polar surface area (TPSA) is 51.2 Å². The van der Waals surface area contributed by atoms with Gasteiger partial charge in [-0.05, 0) is 80.1 Å². The number of hydrogen-bond donors (Lipinski definition) is 1. The molecule has 1 heterocycles. The molecule has 35 heavy (non-hydrogen) atoms. The van der Waals surface area contributed by atoms with Gasteiger partial charge in [0.1, 0.15) is 11.5 Å². The molecule has 0 fully saturated rings. The van der Waals surface area contributed by atoms with Crippen molar-refractivity contribution in [1.82, 2.24) is 4.98 Å². The lowest BCUT2D eigenvalue weighted by Crippen LogP contribution is -2.13. The fourth-order valence-electron chi connectivity index (χ4n) is 4.07. The van der Waals surface area contributed by atoms with Gasteiger partial charge in [-0.2, -0.15) is 0 Å². The Hall–Kier alpha value is -4.15. The predicted octanol–water partition coefficient (Wildman–Crippen LogP) is 8.22. The van der Waals surface area contributed by atoms with Gasteiger partial charge in [-0.15, -0.1) is 0 Å². The van der Waals surface area contributed by atoms with Crippen molar-refractivity contribution in [2.75, 3.05) is 5.32 Å². The Kier molecular flexibility index (Phi) is 6.21. The van der Waals surface area contributed by atoms with Crippen LogP contribution in [0.3, 0.4) is 0 Å². The first-order chi connectivity index (χ1) is 17.0. The van der Waals surface area contributed by atoms with Gasteiger partial charge in [0, 0.05) is 21.7 Å². The van der Waals surface area contributed by atoms with E-state index >= 15 is 0 Å². The van der Waals surface area contributed by atoms with Crippen LogP contribution in [0, 0.1) is 13.8 Å². The van der Waals surface area contributed by atoms with Crippen molar-refractivity contribution in [3.8, 4) is 22.8 Å². The van der Waals surface area contributed by atoms with E-state index in [0.717, 1.165) is 39.0 Å². The molecule has 1 aromatic heterocycles. The zero-order valence-electron chi connectivity index (χ0n) is 19.4. The summed E-state index contributed by atoms with van der Waals surface area (Å²) in [5, 5.41) is 4.50. The summed E-state index contributed by atoms with van der Waals surface area (Å²) in [5.41, 5.74) is 5.76. The third-order valence-corrected chi connectivity index (χ3v) is 5.98. The average molecular weight is 479 g/mol. The average Bonchev–Trinajstić information content (AvgIpc) is 2.86. The lowest BCUT2D eigenvalue weighted by Gasteiger charge is -2.13. The smallest absolute Gasteiger partial charge is 0.256 e. The Morgan fingerprint density at radius 2 is 1.51 bits per heavy atom. The van der Waals surface area contributed by atoms with E-state index in [2.05, 4.69) is 11.4 Å². The molecular formula is C30H23ClN2O2. The second-order valence-corrected chi connectivity index (χ2v) is 8.87. The lowest BCUT2D eigenvalue weighted by molar-refractivity contribution is 0.102. The number of nitrogens with one attached hydrogen (secondary N) is 1. The van der Waals surface area contributed by atoms with Crippen molar-refractivity contribution in [2.24, 2.45) is 0 Å². The van der Waals surface area contributed by atoms with E-state index in [1.54, 1.807) is 0 Å². The molecule has 0 atom stereocenters. The monoisotopic (exact) mass is 478 g/mol. The van der Waals surface area contributed by atoms with Crippen molar-refractivity contribution in [2.45, 2.75) is 13.8 Å². The Labute approximate surface area is 209 Å². The number of rotatable bonds is 5. The summed E-state index contributed by atoms with van der Waals surface area (Å²) >= 11 is 6.07. The summed E-state index contributed by atoms with van der Waals surface area (Å²) in [4.78, 5) is 18.4. The van der Waals surface area contributed by atoms with Crippen LogP contribution in [-0.4, -0.2) is 10.9 Å². The van der Waals surface area contributed by atoms with Crippen LogP contribution >= 0.6 is 11.6 Å². The highest BCUT2D eigenvalue weighted by molar-refractivity contribution is 6.30. The molecule has 0 unspecified atom stereocenters. The zero-order valence-corrected chi connectivity index (χ0v) is 20.1. The number of halogens is 1. The summed E-state index contributed by atoms with van der Waals surface area (Å²) in [6.45, 7) is 4.04. The van der Waals surface area contributed by atoms with Gasteiger partial charge in [0.15, 0.2) is 0 Å². The SMILES string of the molecule is Cc1cc(C)c2nc(-c3ccc(Cl)cc3)cc(C(=O)Nc3ccc(Oc4ccccc4)cc3)c2c1. The van der Waals surface area contributed by atoms with Crippen LogP contribution < -0.4 is 10.1 Å². The van der Waals surface area contributed by atoms with Gasteiger partial charge in [-0.25, -0.2) is 4.98 Å². The maximum absolute atomic E-state index is 13.5. The summed E-state index contributed by atoms with van der Waals surface area (Å²) in [7, 11) is 0. The summed E-state index contributed by atoms with van der Waals surface area (Å²) < 4.78 is 5.85. The van der Waals surface area contributed by atoms with Gasteiger partial charge in [0.25, 0.3) is 5.91 Å². The van der Waals surface area contributed by atoms with Gasteiger partial charge >= 0.3 is 0 Å². The molecule has 4 aromatic carbocycles. The number of ether oxygens (including phenoxy) is 1. The molecule has 1 N–H and O–H groups in total. The van der Waals surface area contributed by atoms with Gasteiger partial charge in [0.2, 0.25) is 0 Å². The summed E-state index contributed by atoms with van der Waals surface area (Å²) in [5.74, 6) is 1.25. The fraction of sp³-hybridized carbons (Fsp3) is 0.0667. The molecule has 0 aliphatic rings. The van der Waals surface area contributed by atoms with E-state index < -0.39 is 0 Å². The second-order valence-electron chi connectivity index (χ2n) is 8.43. The number of carbonyl (C=O) groups excluding carboxylic acids is 1. The van der Waals surface area contributed by atoms with E-state index in [4.69, 9.17) is 21.3 Å². The minimum absolute atomic E-state index is 0.200. The number of amides is 1. The number of nitrogens with zero attached hydrogens (tertiary/aromatic N) is 1. The number of para-hydroxylation sites is 1. The number of hydrogen-bond acceptors (Lipinski definition) is 3. The maximum Gasteiger partial charge on any atom is 0.256 e. The largest absolute Gasteiger partial charge is 0.457 e. The molecule has 5 rings (SSSR count). The third-order valence-electron chi connectivity index (χ3n) is 5.72. The van der Waals surface area contributed by atoms with Gasteiger partial charge in [-0.3, -0.25) is 4.79 Å². The Morgan fingerprint density at radius 1 is 0.829 bits per heavy atom. The molecule has 5 heteroatoms. The molecular weight excluding hydrogens is 456 g/mol. The first kappa shape index (κ1) is 22.6. The molecule has 5 aromatic rings. The third kappa shape index (κ3) is 5.03. The highest BCUT2D eigenvalue weighted by Crippen LogP contribution is 2.30. The first-order valence-electron chi connectivity index (χ1n) is 11.3. The minimum Gasteiger partial charge on any atom is -0.457 e. The fourth-order valence-corrected chi connectivity index (χ4v) is 4.19. The molecule has 0 bridgehead atoms. The molecule has 4 nitrogen and oxygen atoms in total. The Morgan fingerprint density at radius 3 is 2.23 bits per heavy atom. The van der Waals surface area contributed by atoms with Crippen LogP contribution in [0.2, 0.25) is 5.02 Å². The van der Waals surface area contributed by atoms with Crippen LogP contribution in [0.1, 0.15) is 21.5 Å². The van der Waals surface area contributed by atoms with Crippen LogP contribution in [0.25, 0.3) is 22.2 Å². The standard InChI is InChI=1S/C30H23ClN2O2/c1-19-16-20(2)29-26(17-19)27(18-28(33-29)21-8-10-22(31)11-9-21)30(34)32-23-12-14-25(15-13-23)35-24-6-4-3-5-7-24/h3-18H,1-2H3,(H,32,34). The lowest BCUT2D eigenvalue weighted by atomic mass is 9.99. The van der Waals surface area contributed by atoms with Crippen LogP contribution in [0.5, 0.6) is 11.5 Å². The number of benzene rings is 4. The summed E-state index contributed by atoms with van der Waals surface area (Å²) in [6.07, 6.45) is 0. The van der Waals surface area contributed by atoms with Gasteiger partial charge in [-0.1, -0.05) is 53.6 Å². The minimum atomic E-state index is -0.200. The molecule has 0 saturated heterocycles. The molecule has 0 radical (unpaired) electrons. The van der Waals surface area contributed by atoms with E-state index in [1.165, 1.54) is 0 Å². The van der Waals surface area contributed by atoms with Crippen molar-refractivity contribution in [3.05, 3.63) is 119 Å². The quantitative estimate of drug-likeness (QED) is 0.277.